The number of rotatable bonds is 1. The van der Waals surface area contributed by atoms with Gasteiger partial charge in [0.1, 0.15) is 0 Å². The van der Waals surface area contributed by atoms with Crippen LogP contribution in [0.25, 0.3) is 0 Å². The number of fused-ring (bicyclic) bond motifs is 3. The molecule has 0 N–H and O–H groups in total. The molecule has 0 spiro atoms. The Balaban J connectivity index is 1.69. The summed E-state index contributed by atoms with van der Waals surface area (Å²) in [6.07, 6.45) is 2.21. The summed E-state index contributed by atoms with van der Waals surface area (Å²) in [6, 6.07) is 7.95. The number of benzene rings is 1. The molecule has 3 aliphatic rings. The molecule has 3 saturated heterocycles. The van der Waals surface area contributed by atoms with Crippen LogP contribution in [0.3, 0.4) is 0 Å². The van der Waals surface area contributed by atoms with Crippen molar-refractivity contribution in [3.05, 3.63) is 29.8 Å². The Bertz CT molecular complexity index is 581. The van der Waals surface area contributed by atoms with Crippen molar-refractivity contribution in [2.45, 2.75) is 25.8 Å². The summed E-state index contributed by atoms with van der Waals surface area (Å²) in [6.45, 7) is 3.81. The molecule has 3 fully saturated rings. The van der Waals surface area contributed by atoms with Gasteiger partial charge in [-0.2, -0.15) is 0 Å². The second kappa shape index (κ2) is 4.16. The molecular formula is C16H18N2O2. The second-order valence-electron chi connectivity index (χ2n) is 6.18. The van der Waals surface area contributed by atoms with E-state index in [0.29, 0.717) is 6.04 Å². The maximum atomic E-state index is 12.7. The fourth-order valence-electron chi connectivity index (χ4n) is 4.06. The molecule has 2 amide bonds. The Morgan fingerprint density at radius 3 is 2.60 bits per heavy atom. The highest BCUT2D eigenvalue weighted by atomic mass is 16.2. The van der Waals surface area contributed by atoms with Gasteiger partial charge >= 0.3 is 0 Å². The molecule has 3 heterocycles. The SMILES string of the molecule is Cc1ccc(N2C(=O)C3CN4CCC[C@H]4[C@H]3C2=O)cc1. The highest BCUT2D eigenvalue weighted by Crippen LogP contribution is 2.43. The molecule has 4 heteroatoms. The van der Waals surface area contributed by atoms with Gasteiger partial charge in [-0.25, -0.2) is 4.90 Å². The zero-order valence-electron chi connectivity index (χ0n) is 11.6. The van der Waals surface area contributed by atoms with Crippen LogP contribution in [0.1, 0.15) is 18.4 Å². The molecule has 0 aliphatic carbocycles. The first-order valence-electron chi connectivity index (χ1n) is 7.35. The van der Waals surface area contributed by atoms with Crippen LogP contribution in [-0.4, -0.2) is 35.8 Å². The van der Waals surface area contributed by atoms with E-state index >= 15 is 0 Å². The van der Waals surface area contributed by atoms with E-state index in [9.17, 15) is 9.59 Å². The fraction of sp³-hybridized carbons (Fsp3) is 0.500. The molecular weight excluding hydrogens is 252 g/mol. The van der Waals surface area contributed by atoms with Gasteiger partial charge in [-0.1, -0.05) is 17.7 Å². The molecule has 1 aromatic carbocycles. The molecule has 4 nitrogen and oxygen atoms in total. The van der Waals surface area contributed by atoms with Crippen molar-refractivity contribution < 1.29 is 9.59 Å². The van der Waals surface area contributed by atoms with E-state index in [-0.39, 0.29) is 23.7 Å². The zero-order chi connectivity index (χ0) is 13.9. The first-order chi connectivity index (χ1) is 9.66. The van der Waals surface area contributed by atoms with Gasteiger partial charge in [0.05, 0.1) is 17.5 Å². The summed E-state index contributed by atoms with van der Waals surface area (Å²) in [5.41, 5.74) is 1.86. The van der Waals surface area contributed by atoms with E-state index in [2.05, 4.69) is 4.90 Å². The number of imide groups is 1. The van der Waals surface area contributed by atoms with E-state index in [1.807, 2.05) is 31.2 Å². The van der Waals surface area contributed by atoms with Crippen molar-refractivity contribution in [3.63, 3.8) is 0 Å². The lowest BCUT2D eigenvalue weighted by Crippen LogP contribution is -2.38. The Morgan fingerprint density at radius 2 is 1.85 bits per heavy atom. The minimum Gasteiger partial charge on any atom is -0.299 e. The average molecular weight is 270 g/mol. The molecule has 0 radical (unpaired) electrons. The van der Waals surface area contributed by atoms with Crippen LogP contribution >= 0.6 is 0 Å². The largest absolute Gasteiger partial charge is 0.299 e. The maximum absolute atomic E-state index is 12.7. The topological polar surface area (TPSA) is 40.6 Å². The number of aryl methyl sites for hydroxylation is 1. The third kappa shape index (κ3) is 1.51. The predicted molar refractivity (Wildman–Crippen MR) is 75.2 cm³/mol. The first kappa shape index (κ1) is 12.1. The number of hydrogen-bond donors (Lipinski definition) is 0. The zero-order valence-corrected chi connectivity index (χ0v) is 11.6. The minimum atomic E-state index is -0.117. The van der Waals surface area contributed by atoms with Gasteiger partial charge in [0.25, 0.3) is 0 Å². The molecule has 1 aromatic rings. The van der Waals surface area contributed by atoms with Gasteiger partial charge in [-0.3, -0.25) is 14.5 Å². The van der Waals surface area contributed by atoms with Crippen molar-refractivity contribution in [1.82, 2.24) is 4.90 Å². The van der Waals surface area contributed by atoms with Gasteiger partial charge in [0, 0.05) is 12.6 Å². The van der Waals surface area contributed by atoms with E-state index in [1.54, 1.807) is 0 Å². The van der Waals surface area contributed by atoms with Gasteiger partial charge in [-0.05, 0) is 38.4 Å². The molecule has 0 aromatic heterocycles. The summed E-state index contributed by atoms with van der Waals surface area (Å²) >= 11 is 0. The maximum Gasteiger partial charge on any atom is 0.239 e. The number of hydrogen-bond acceptors (Lipinski definition) is 3. The van der Waals surface area contributed by atoms with E-state index in [4.69, 9.17) is 0 Å². The third-order valence-electron chi connectivity index (χ3n) is 5.03. The van der Waals surface area contributed by atoms with E-state index in [0.717, 1.165) is 37.2 Å². The average Bonchev–Trinajstić information content (AvgIpc) is 3.05. The van der Waals surface area contributed by atoms with Crippen LogP contribution in [0.2, 0.25) is 0 Å². The van der Waals surface area contributed by atoms with Crippen LogP contribution in [0.15, 0.2) is 24.3 Å². The van der Waals surface area contributed by atoms with Crippen LogP contribution in [-0.2, 0) is 9.59 Å². The van der Waals surface area contributed by atoms with Gasteiger partial charge in [0.15, 0.2) is 0 Å². The lowest BCUT2D eigenvalue weighted by atomic mass is 9.91. The fourth-order valence-corrected chi connectivity index (χ4v) is 4.06. The molecule has 104 valence electrons. The molecule has 4 rings (SSSR count). The lowest BCUT2D eigenvalue weighted by Gasteiger charge is -2.21. The number of amides is 2. The van der Waals surface area contributed by atoms with E-state index in [1.165, 1.54) is 4.90 Å². The molecule has 0 bridgehead atoms. The number of nitrogens with zero attached hydrogens (tertiary/aromatic N) is 2. The van der Waals surface area contributed by atoms with Gasteiger partial charge in [-0.15, -0.1) is 0 Å². The van der Waals surface area contributed by atoms with Crippen molar-refractivity contribution in [2.24, 2.45) is 11.8 Å². The molecule has 20 heavy (non-hydrogen) atoms. The monoisotopic (exact) mass is 270 g/mol. The number of anilines is 1. The van der Waals surface area contributed by atoms with Crippen LogP contribution in [0, 0.1) is 18.8 Å². The van der Waals surface area contributed by atoms with Crippen molar-refractivity contribution >= 4 is 17.5 Å². The normalized spacial score (nSPS) is 32.9. The quantitative estimate of drug-likeness (QED) is 0.727. The molecule has 3 aliphatic heterocycles. The highest BCUT2D eigenvalue weighted by Gasteiger charge is 2.58. The summed E-state index contributed by atoms with van der Waals surface area (Å²) in [4.78, 5) is 29.0. The standard InChI is InChI=1S/C16H18N2O2/c1-10-4-6-11(7-5-10)18-15(19)12-9-17-8-2-3-13(17)14(12)16(18)20/h4-7,12-14H,2-3,8-9H2,1H3/t12?,13-,14-/m0/s1. The highest BCUT2D eigenvalue weighted by molar-refractivity contribution is 6.22. The van der Waals surface area contributed by atoms with Gasteiger partial charge < -0.3 is 0 Å². The van der Waals surface area contributed by atoms with Crippen molar-refractivity contribution in [2.75, 3.05) is 18.0 Å². The first-order valence-corrected chi connectivity index (χ1v) is 7.35. The summed E-state index contributed by atoms with van der Waals surface area (Å²) < 4.78 is 0. The second-order valence-corrected chi connectivity index (χ2v) is 6.18. The summed E-state index contributed by atoms with van der Waals surface area (Å²) in [5.74, 6) is -0.211. The van der Waals surface area contributed by atoms with Crippen molar-refractivity contribution in [1.29, 1.82) is 0 Å². The molecule has 3 atom stereocenters. The third-order valence-corrected chi connectivity index (χ3v) is 5.03. The number of carbonyl (C=O) groups excluding carboxylic acids is 2. The molecule has 0 saturated carbocycles. The van der Waals surface area contributed by atoms with Crippen LogP contribution in [0.5, 0.6) is 0 Å². The van der Waals surface area contributed by atoms with Crippen LogP contribution < -0.4 is 4.90 Å². The Hall–Kier alpha value is -1.68. The minimum absolute atomic E-state index is 0.00162. The van der Waals surface area contributed by atoms with Crippen LogP contribution in [0.4, 0.5) is 5.69 Å². The summed E-state index contributed by atoms with van der Waals surface area (Å²) in [5, 5.41) is 0. The Labute approximate surface area is 118 Å². The van der Waals surface area contributed by atoms with E-state index < -0.39 is 0 Å². The smallest absolute Gasteiger partial charge is 0.239 e. The Kier molecular flexibility index (Phi) is 2.51. The summed E-state index contributed by atoms with van der Waals surface area (Å²) in [7, 11) is 0. The Morgan fingerprint density at radius 1 is 1.10 bits per heavy atom. The lowest BCUT2D eigenvalue weighted by molar-refractivity contribution is -0.123. The van der Waals surface area contributed by atoms with Crippen molar-refractivity contribution in [3.8, 4) is 0 Å². The number of carbonyl (C=O) groups is 2. The predicted octanol–water partition coefficient (Wildman–Crippen LogP) is 1.58. The molecule has 1 unspecified atom stereocenters. The van der Waals surface area contributed by atoms with Gasteiger partial charge in [0.2, 0.25) is 11.8 Å².